The molecule has 0 aromatic heterocycles. The first kappa shape index (κ1) is 24.2. The maximum Gasteiger partial charge on any atom is 0.231 e. The van der Waals surface area contributed by atoms with Crippen LogP contribution in [-0.2, 0) is 14.4 Å². The number of allylic oxidation sites excluding steroid dienone is 4. The highest BCUT2D eigenvalue weighted by Crippen LogP contribution is 2.26. The lowest BCUT2D eigenvalue weighted by Gasteiger charge is -2.34. The summed E-state index contributed by atoms with van der Waals surface area (Å²) in [5.74, 6) is 0.741. The second-order valence-corrected chi connectivity index (χ2v) is 8.32. The number of piperidine rings is 1. The van der Waals surface area contributed by atoms with E-state index in [1.807, 2.05) is 30.1 Å². The van der Waals surface area contributed by atoms with Gasteiger partial charge in [-0.15, -0.1) is 0 Å². The Balaban J connectivity index is 1.62. The Labute approximate surface area is 190 Å². The number of aliphatic imine (C=N–C) groups is 1. The lowest BCUT2D eigenvalue weighted by atomic mass is 10.0. The molecule has 0 bridgehead atoms. The molecule has 3 rings (SSSR count). The number of hydrazine groups is 1. The van der Waals surface area contributed by atoms with Crippen LogP contribution in [-0.4, -0.2) is 72.8 Å². The Kier molecular flexibility index (Phi) is 9.01. The zero-order valence-electron chi connectivity index (χ0n) is 19.4. The topological polar surface area (TPSA) is 89.5 Å². The Morgan fingerprint density at radius 3 is 2.91 bits per heavy atom. The van der Waals surface area contributed by atoms with Gasteiger partial charge in [0.1, 0.15) is 12.8 Å². The van der Waals surface area contributed by atoms with Crippen molar-refractivity contribution in [1.82, 2.24) is 25.7 Å². The van der Waals surface area contributed by atoms with Crippen LogP contribution in [0, 0.1) is 5.92 Å². The Hall–Kier alpha value is -2.49. The molecule has 32 heavy (non-hydrogen) atoms. The van der Waals surface area contributed by atoms with Gasteiger partial charge in [-0.25, -0.2) is 10.0 Å². The molecule has 1 saturated heterocycles. The zero-order valence-corrected chi connectivity index (χ0v) is 19.4. The highest BCUT2D eigenvalue weighted by molar-refractivity contribution is 5.90. The number of amides is 2. The fraction of sp³-hybridized carbons (Fsp3) is 0.609. The second-order valence-electron chi connectivity index (χ2n) is 8.32. The SMILES string of the molecule is C/C=C(/CON1CCCCC1CC(=O)NC)NC1=NC(C2C=CC=CCC2)N(C)N1C=O. The van der Waals surface area contributed by atoms with Crippen molar-refractivity contribution in [2.24, 2.45) is 10.9 Å². The van der Waals surface area contributed by atoms with Crippen molar-refractivity contribution in [2.75, 3.05) is 27.2 Å². The van der Waals surface area contributed by atoms with E-state index in [1.54, 1.807) is 7.05 Å². The van der Waals surface area contributed by atoms with E-state index >= 15 is 0 Å². The molecule has 9 nitrogen and oxygen atoms in total. The maximum atomic E-state index is 11.8. The molecular weight excluding hydrogens is 408 g/mol. The van der Waals surface area contributed by atoms with E-state index in [0.717, 1.165) is 50.8 Å². The van der Waals surface area contributed by atoms with Gasteiger partial charge in [-0.2, -0.15) is 10.1 Å². The number of hydroxylamine groups is 2. The van der Waals surface area contributed by atoms with E-state index in [9.17, 15) is 9.59 Å². The number of nitrogens with one attached hydrogen (secondary N) is 2. The molecule has 2 heterocycles. The molecule has 2 N–H and O–H groups in total. The van der Waals surface area contributed by atoms with Crippen molar-refractivity contribution in [3.63, 3.8) is 0 Å². The molecule has 0 radical (unpaired) electrons. The molecule has 2 amide bonds. The number of guanidine groups is 1. The molecule has 0 saturated carbocycles. The highest BCUT2D eigenvalue weighted by Gasteiger charge is 2.35. The summed E-state index contributed by atoms with van der Waals surface area (Å²) in [4.78, 5) is 34.6. The molecule has 1 fully saturated rings. The van der Waals surface area contributed by atoms with Gasteiger partial charge in [0.05, 0.1) is 0 Å². The Bertz CT molecular complexity index is 778. The van der Waals surface area contributed by atoms with Crippen LogP contribution in [0.3, 0.4) is 0 Å². The number of carbonyl (C=O) groups excluding carboxylic acids is 2. The van der Waals surface area contributed by atoms with Gasteiger partial charge in [0.15, 0.2) is 0 Å². The molecular formula is C23H36N6O3. The number of hydrogen-bond acceptors (Lipinski definition) is 7. The van der Waals surface area contributed by atoms with E-state index in [-0.39, 0.29) is 24.0 Å². The van der Waals surface area contributed by atoms with Gasteiger partial charge in [-0.1, -0.05) is 36.8 Å². The summed E-state index contributed by atoms with van der Waals surface area (Å²) in [6, 6.07) is 0.0725. The average molecular weight is 445 g/mol. The van der Waals surface area contributed by atoms with Crippen LogP contribution in [0.4, 0.5) is 0 Å². The first-order chi connectivity index (χ1) is 15.6. The summed E-state index contributed by atoms with van der Waals surface area (Å²) in [5, 5.41) is 11.3. The average Bonchev–Trinajstić information content (AvgIpc) is 2.97. The van der Waals surface area contributed by atoms with Gasteiger partial charge < -0.3 is 10.6 Å². The summed E-state index contributed by atoms with van der Waals surface area (Å²) < 4.78 is 0. The standard InChI is InChI=1S/C23H36N6O3/c1-4-19(16-32-29-14-10-9-13-20(29)15-21(31)24-2)25-23-26-22(27(3)28(23)17-30)18-11-7-5-6-8-12-18/h4-7,11,17-18,20,22H,8-10,12-16H2,1-3H3,(H,24,31)(H,25,26)/b19-4-. The lowest BCUT2D eigenvalue weighted by molar-refractivity contribution is -0.193. The van der Waals surface area contributed by atoms with E-state index in [0.29, 0.717) is 19.0 Å². The van der Waals surface area contributed by atoms with Gasteiger partial charge in [-0.05, 0) is 32.6 Å². The smallest absolute Gasteiger partial charge is 0.231 e. The van der Waals surface area contributed by atoms with Gasteiger partial charge in [0, 0.05) is 44.7 Å². The van der Waals surface area contributed by atoms with E-state index < -0.39 is 0 Å². The summed E-state index contributed by atoms with van der Waals surface area (Å²) >= 11 is 0. The third-order valence-corrected chi connectivity index (χ3v) is 6.23. The van der Waals surface area contributed by atoms with Crippen LogP contribution in [0.5, 0.6) is 0 Å². The fourth-order valence-electron chi connectivity index (χ4n) is 4.30. The van der Waals surface area contributed by atoms with Crippen LogP contribution in [0.25, 0.3) is 0 Å². The van der Waals surface area contributed by atoms with E-state index in [4.69, 9.17) is 9.83 Å². The summed E-state index contributed by atoms with van der Waals surface area (Å²) in [7, 11) is 3.54. The van der Waals surface area contributed by atoms with Crippen LogP contribution in [0.2, 0.25) is 0 Å². The van der Waals surface area contributed by atoms with Crippen molar-refractivity contribution in [2.45, 2.75) is 57.7 Å². The highest BCUT2D eigenvalue weighted by atomic mass is 16.7. The van der Waals surface area contributed by atoms with Gasteiger partial charge in [0.2, 0.25) is 18.3 Å². The van der Waals surface area contributed by atoms with Gasteiger partial charge in [0.25, 0.3) is 0 Å². The molecule has 3 aliphatic rings. The molecule has 9 heteroatoms. The third kappa shape index (κ3) is 6.05. The predicted molar refractivity (Wildman–Crippen MR) is 124 cm³/mol. The van der Waals surface area contributed by atoms with Gasteiger partial charge in [-0.3, -0.25) is 14.4 Å². The maximum absolute atomic E-state index is 11.8. The van der Waals surface area contributed by atoms with Crippen LogP contribution in [0.15, 0.2) is 41.1 Å². The van der Waals surface area contributed by atoms with Crippen molar-refractivity contribution in [1.29, 1.82) is 0 Å². The molecule has 1 aliphatic carbocycles. The fourth-order valence-corrected chi connectivity index (χ4v) is 4.30. The first-order valence-corrected chi connectivity index (χ1v) is 11.5. The van der Waals surface area contributed by atoms with Crippen molar-refractivity contribution in [3.05, 3.63) is 36.1 Å². The zero-order chi connectivity index (χ0) is 22.9. The van der Waals surface area contributed by atoms with Crippen molar-refractivity contribution in [3.8, 4) is 0 Å². The molecule has 176 valence electrons. The van der Waals surface area contributed by atoms with E-state index in [2.05, 4.69) is 34.9 Å². The summed E-state index contributed by atoms with van der Waals surface area (Å²) in [6.45, 7) is 3.03. The molecule has 2 aliphatic heterocycles. The Morgan fingerprint density at radius 2 is 2.16 bits per heavy atom. The molecule has 0 aromatic carbocycles. The quantitative estimate of drug-likeness (QED) is 0.556. The minimum atomic E-state index is -0.142. The monoisotopic (exact) mass is 444 g/mol. The molecule has 0 aromatic rings. The molecule has 3 atom stereocenters. The minimum absolute atomic E-state index is 0.0219. The van der Waals surface area contributed by atoms with Crippen molar-refractivity contribution < 1.29 is 14.4 Å². The predicted octanol–water partition coefficient (Wildman–Crippen LogP) is 1.93. The second kappa shape index (κ2) is 11.9. The summed E-state index contributed by atoms with van der Waals surface area (Å²) in [5.41, 5.74) is 0.812. The largest absolute Gasteiger partial charge is 0.359 e. The van der Waals surface area contributed by atoms with Crippen LogP contribution in [0.1, 0.15) is 45.4 Å². The molecule has 3 unspecified atom stereocenters. The minimum Gasteiger partial charge on any atom is -0.359 e. The number of rotatable bonds is 8. The van der Waals surface area contributed by atoms with Gasteiger partial charge >= 0.3 is 0 Å². The van der Waals surface area contributed by atoms with Crippen molar-refractivity contribution >= 4 is 18.3 Å². The van der Waals surface area contributed by atoms with Crippen LogP contribution >= 0.6 is 0 Å². The molecule has 0 spiro atoms. The normalized spacial score (nSPS) is 27.2. The Morgan fingerprint density at radius 1 is 1.31 bits per heavy atom. The van der Waals surface area contributed by atoms with Crippen LogP contribution < -0.4 is 10.6 Å². The number of carbonyl (C=O) groups is 2. The number of nitrogens with zero attached hydrogens (tertiary/aromatic N) is 4. The third-order valence-electron chi connectivity index (χ3n) is 6.23. The lowest BCUT2D eigenvalue weighted by Crippen LogP contribution is -2.47. The number of hydrogen-bond donors (Lipinski definition) is 2. The van der Waals surface area contributed by atoms with E-state index in [1.165, 1.54) is 5.01 Å². The summed E-state index contributed by atoms with van der Waals surface area (Å²) in [6.07, 6.45) is 16.5. The first-order valence-electron chi connectivity index (χ1n) is 11.5.